The van der Waals surface area contributed by atoms with Gasteiger partial charge in [0.05, 0.1) is 13.0 Å². The van der Waals surface area contributed by atoms with Gasteiger partial charge in [-0.3, -0.25) is 9.59 Å². The minimum atomic E-state index is -0.251. The molecule has 0 aromatic heterocycles. The van der Waals surface area contributed by atoms with Gasteiger partial charge in [-0.15, -0.1) is 0 Å². The molecule has 0 saturated heterocycles. The normalized spacial score (nSPS) is 15.1. The summed E-state index contributed by atoms with van der Waals surface area (Å²) in [5, 5.41) is 0. The van der Waals surface area contributed by atoms with Crippen LogP contribution >= 0.6 is 0 Å². The maximum atomic E-state index is 12.9. The van der Waals surface area contributed by atoms with Crippen molar-refractivity contribution in [3.63, 3.8) is 0 Å². The van der Waals surface area contributed by atoms with Gasteiger partial charge in [0.2, 0.25) is 0 Å². The number of hydrogen-bond donors (Lipinski definition) is 0. The van der Waals surface area contributed by atoms with Crippen molar-refractivity contribution < 1.29 is 19.1 Å². The Labute approximate surface area is 163 Å². The SMILES string of the molecule is CCOC(=O)CCN(C(=O)COc1cccc(C)c1C)C1CCCCCC1. The fraction of sp³-hybridized carbons (Fsp3) is 0.636. The first-order chi connectivity index (χ1) is 13.0. The molecule has 1 aliphatic rings. The predicted octanol–water partition coefficient (Wildman–Crippen LogP) is 4.19. The van der Waals surface area contributed by atoms with Crippen molar-refractivity contribution in [2.75, 3.05) is 19.8 Å². The van der Waals surface area contributed by atoms with E-state index in [2.05, 4.69) is 0 Å². The zero-order valence-electron chi connectivity index (χ0n) is 17.0. The van der Waals surface area contributed by atoms with Crippen molar-refractivity contribution in [3.05, 3.63) is 29.3 Å². The highest BCUT2D eigenvalue weighted by Gasteiger charge is 2.25. The molecule has 1 fully saturated rings. The molecule has 5 heteroatoms. The third kappa shape index (κ3) is 6.56. The number of hydrogen-bond acceptors (Lipinski definition) is 4. The summed E-state index contributed by atoms with van der Waals surface area (Å²) in [7, 11) is 0. The van der Waals surface area contributed by atoms with E-state index in [0.717, 1.165) is 42.6 Å². The van der Waals surface area contributed by atoms with Crippen molar-refractivity contribution in [1.82, 2.24) is 4.90 Å². The van der Waals surface area contributed by atoms with Gasteiger partial charge >= 0.3 is 5.97 Å². The highest BCUT2D eigenvalue weighted by molar-refractivity contribution is 5.79. The number of carbonyl (C=O) groups excluding carboxylic acids is 2. The van der Waals surface area contributed by atoms with E-state index >= 15 is 0 Å². The maximum Gasteiger partial charge on any atom is 0.307 e. The Hall–Kier alpha value is -2.04. The standard InChI is InChI=1S/C22H33NO4/c1-4-26-22(25)14-15-23(19-11-7-5-6-8-12-19)21(24)16-27-20-13-9-10-17(2)18(20)3/h9-10,13,19H,4-8,11-12,14-16H2,1-3H3. The third-order valence-electron chi connectivity index (χ3n) is 5.35. The molecule has 1 saturated carbocycles. The summed E-state index contributed by atoms with van der Waals surface area (Å²) in [5.41, 5.74) is 2.20. The summed E-state index contributed by atoms with van der Waals surface area (Å²) < 4.78 is 10.9. The monoisotopic (exact) mass is 375 g/mol. The predicted molar refractivity (Wildman–Crippen MR) is 106 cm³/mol. The molecule has 5 nitrogen and oxygen atoms in total. The van der Waals surface area contributed by atoms with E-state index in [0.29, 0.717) is 13.2 Å². The van der Waals surface area contributed by atoms with Crippen LogP contribution in [0.15, 0.2) is 18.2 Å². The van der Waals surface area contributed by atoms with E-state index in [1.54, 1.807) is 6.92 Å². The Morgan fingerprint density at radius 3 is 2.48 bits per heavy atom. The number of nitrogens with zero attached hydrogens (tertiary/aromatic N) is 1. The van der Waals surface area contributed by atoms with Crippen LogP contribution in [0, 0.1) is 13.8 Å². The van der Waals surface area contributed by atoms with E-state index in [4.69, 9.17) is 9.47 Å². The third-order valence-corrected chi connectivity index (χ3v) is 5.35. The van der Waals surface area contributed by atoms with Crippen LogP contribution in [0.2, 0.25) is 0 Å². The minimum Gasteiger partial charge on any atom is -0.483 e. The van der Waals surface area contributed by atoms with Crippen LogP contribution in [-0.2, 0) is 14.3 Å². The molecule has 1 aromatic rings. The van der Waals surface area contributed by atoms with E-state index in [-0.39, 0.29) is 30.9 Å². The van der Waals surface area contributed by atoms with Gasteiger partial charge in [0.15, 0.2) is 6.61 Å². The van der Waals surface area contributed by atoms with E-state index in [9.17, 15) is 9.59 Å². The molecule has 2 rings (SSSR count). The lowest BCUT2D eigenvalue weighted by Crippen LogP contribution is -2.44. The van der Waals surface area contributed by atoms with Crippen molar-refractivity contribution in [1.29, 1.82) is 0 Å². The summed E-state index contributed by atoms with van der Waals surface area (Å²) in [5.74, 6) is 0.445. The van der Waals surface area contributed by atoms with Gasteiger partial charge in [-0.05, 0) is 50.8 Å². The minimum absolute atomic E-state index is 0.00359. The van der Waals surface area contributed by atoms with Crippen molar-refractivity contribution in [2.45, 2.75) is 71.8 Å². The first-order valence-electron chi connectivity index (χ1n) is 10.2. The largest absolute Gasteiger partial charge is 0.483 e. The van der Waals surface area contributed by atoms with E-state index in [1.165, 1.54) is 12.8 Å². The van der Waals surface area contributed by atoms with E-state index < -0.39 is 0 Å². The molecule has 0 atom stereocenters. The van der Waals surface area contributed by atoms with Gasteiger partial charge in [-0.25, -0.2) is 0 Å². The lowest BCUT2D eigenvalue weighted by molar-refractivity contribution is -0.145. The second-order valence-electron chi connectivity index (χ2n) is 7.27. The van der Waals surface area contributed by atoms with Gasteiger partial charge in [-0.2, -0.15) is 0 Å². The number of carbonyl (C=O) groups is 2. The maximum absolute atomic E-state index is 12.9. The number of aryl methyl sites for hydroxylation is 1. The summed E-state index contributed by atoms with van der Waals surface area (Å²) in [4.78, 5) is 26.6. The highest BCUT2D eigenvalue weighted by Crippen LogP contribution is 2.24. The molecule has 27 heavy (non-hydrogen) atoms. The molecule has 0 heterocycles. The zero-order chi connectivity index (χ0) is 19.6. The second-order valence-corrected chi connectivity index (χ2v) is 7.27. The molecule has 1 aromatic carbocycles. The summed E-state index contributed by atoms with van der Waals surface area (Å²) >= 11 is 0. The molecule has 1 amide bonds. The van der Waals surface area contributed by atoms with Crippen molar-refractivity contribution >= 4 is 11.9 Å². The number of ether oxygens (including phenoxy) is 2. The van der Waals surface area contributed by atoms with Crippen LogP contribution in [0.3, 0.4) is 0 Å². The van der Waals surface area contributed by atoms with Crippen LogP contribution in [0.1, 0.15) is 63.0 Å². The Balaban J connectivity index is 2.02. The summed E-state index contributed by atoms with van der Waals surface area (Å²) in [6.07, 6.45) is 6.93. The Kier molecular flexibility index (Phi) is 8.62. The second kappa shape index (κ2) is 11.0. The quantitative estimate of drug-likeness (QED) is 0.505. The Morgan fingerprint density at radius 1 is 1.11 bits per heavy atom. The molecule has 1 aliphatic carbocycles. The Morgan fingerprint density at radius 2 is 1.81 bits per heavy atom. The van der Waals surface area contributed by atoms with Gasteiger partial charge in [0.1, 0.15) is 5.75 Å². The molecule has 0 bridgehead atoms. The smallest absolute Gasteiger partial charge is 0.307 e. The first kappa shape index (κ1) is 21.3. The van der Waals surface area contributed by atoms with Crippen molar-refractivity contribution in [2.24, 2.45) is 0 Å². The molecule has 150 valence electrons. The van der Waals surface area contributed by atoms with Crippen LogP contribution in [0.4, 0.5) is 0 Å². The number of amides is 1. The first-order valence-corrected chi connectivity index (χ1v) is 10.2. The van der Waals surface area contributed by atoms with E-state index in [1.807, 2.05) is 36.9 Å². The summed E-state index contributed by atoms with van der Waals surface area (Å²) in [6, 6.07) is 6.05. The van der Waals surface area contributed by atoms with Crippen LogP contribution in [0.25, 0.3) is 0 Å². The average Bonchev–Trinajstić information content (AvgIpc) is 2.93. The number of rotatable bonds is 8. The summed E-state index contributed by atoms with van der Waals surface area (Å²) in [6.45, 7) is 6.60. The van der Waals surface area contributed by atoms with Crippen LogP contribution in [-0.4, -0.2) is 42.6 Å². The fourth-order valence-electron chi connectivity index (χ4n) is 3.63. The highest BCUT2D eigenvalue weighted by atomic mass is 16.5. The molecule has 0 radical (unpaired) electrons. The fourth-order valence-corrected chi connectivity index (χ4v) is 3.63. The topological polar surface area (TPSA) is 55.8 Å². The molecule has 0 N–H and O–H groups in total. The lowest BCUT2D eigenvalue weighted by atomic mass is 10.1. The van der Waals surface area contributed by atoms with Crippen LogP contribution in [0.5, 0.6) is 5.75 Å². The van der Waals surface area contributed by atoms with Crippen molar-refractivity contribution in [3.8, 4) is 5.75 Å². The molecule has 0 spiro atoms. The zero-order valence-corrected chi connectivity index (χ0v) is 17.0. The molecule has 0 unspecified atom stereocenters. The number of esters is 1. The average molecular weight is 376 g/mol. The molecular formula is C22H33NO4. The van der Waals surface area contributed by atoms with Gasteiger partial charge in [-0.1, -0.05) is 37.8 Å². The Bertz CT molecular complexity index is 621. The molecular weight excluding hydrogens is 342 g/mol. The number of benzene rings is 1. The molecule has 0 aliphatic heterocycles. The lowest BCUT2D eigenvalue weighted by Gasteiger charge is -2.31. The van der Waals surface area contributed by atoms with Gasteiger partial charge < -0.3 is 14.4 Å². The van der Waals surface area contributed by atoms with Gasteiger partial charge in [0.25, 0.3) is 5.91 Å². The van der Waals surface area contributed by atoms with Gasteiger partial charge in [0, 0.05) is 12.6 Å². The van der Waals surface area contributed by atoms with Crippen LogP contribution < -0.4 is 4.74 Å².